The zero-order valence-corrected chi connectivity index (χ0v) is 9.04. The van der Waals surface area contributed by atoms with Gasteiger partial charge in [0.05, 0.1) is 0 Å². The van der Waals surface area contributed by atoms with Gasteiger partial charge in [0.1, 0.15) is 5.58 Å². The molecule has 4 nitrogen and oxygen atoms in total. The second-order valence-corrected chi connectivity index (χ2v) is 3.97. The summed E-state index contributed by atoms with van der Waals surface area (Å²) in [7, 11) is 0. The lowest BCUT2D eigenvalue weighted by atomic mass is 10.2. The van der Waals surface area contributed by atoms with Crippen molar-refractivity contribution in [2.75, 3.05) is 6.79 Å². The fraction of sp³-hybridized carbons (Fsp3) is 0.100. The van der Waals surface area contributed by atoms with Gasteiger partial charge in [0.2, 0.25) is 6.79 Å². The summed E-state index contributed by atoms with van der Waals surface area (Å²) in [6.07, 6.45) is 0. The van der Waals surface area contributed by atoms with Gasteiger partial charge in [0.15, 0.2) is 11.5 Å². The van der Waals surface area contributed by atoms with Crippen LogP contribution in [0.2, 0.25) is 0 Å². The highest BCUT2D eigenvalue weighted by atomic mass is 79.9. The highest BCUT2D eigenvalue weighted by Crippen LogP contribution is 2.37. The maximum Gasteiger partial charge on any atom is 0.337 e. The van der Waals surface area contributed by atoms with Crippen molar-refractivity contribution in [1.29, 1.82) is 0 Å². The van der Waals surface area contributed by atoms with Crippen molar-refractivity contribution in [1.82, 2.24) is 0 Å². The smallest absolute Gasteiger partial charge is 0.337 e. The standard InChI is InChI=1S/C10H5BrO4/c11-6-2-10(12)15-7-3-9-8(1-5(6)7)13-4-14-9/h1-3H,4H2. The van der Waals surface area contributed by atoms with Gasteiger partial charge in [0, 0.05) is 22.0 Å². The predicted molar refractivity (Wildman–Crippen MR) is 56.3 cm³/mol. The van der Waals surface area contributed by atoms with Crippen molar-refractivity contribution in [2.45, 2.75) is 0 Å². The molecule has 0 radical (unpaired) electrons. The molecule has 0 amide bonds. The van der Waals surface area contributed by atoms with Gasteiger partial charge >= 0.3 is 5.63 Å². The van der Waals surface area contributed by atoms with Gasteiger partial charge in [-0.1, -0.05) is 0 Å². The first-order valence-electron chi connectivity index (χ1n) is 4.27. The Bertz CT molecular complexity index is 602. The highest BCUT2D eigenvalue weighted by Gasteiger charge is 2.16. The maximum atomic E-state index is 11.1. The number of fused-ring (bicyclic) bond motifs is 2. The number of hydrogen-bond donors (Lipinski definition) is 0. The highest BCUT2D eigenvalue weighted by molar-refractivity contribution is 9.10. The number of ether oxygens (including phenoxy) is 2. The zero-order chi connectivity index (χ0) is 10.4. The van der Waals surface area contributed by atoms with E-state index in [-0.39, 0.29) is 6.79 Å². The minimum atomic E-state index is -0.395. The largest absolute Gasteiger partial charge is 0.454 e. The Morgan fingerprint density at radius 2 is 1.87 bits per heavy atom. The molecule has 15 heavy (non-hydrogen) atoms. The van der Waals surface area contributed by atoms with Gasteiger partial charge < -0.3 is 13.9 Å². The van der Waals surface area contributed by atoms with Gasteiger partial charge in [0.25, 0.3) is 0 Å². The van der Waals surface area contributed by atoms with E-state index in [4.69, 9.17) is 13.9 Å². The van der Waals surface area contributed by atoms with Crippen LogP contribution in [0.5, 0.6) is 11.5 Å². The van der Waals surface area contributed by atoms with Crippen LogP contribution in [0.15, 0.2) is 31.9 Å². The summed E-state index contributed by atoms with van der Waals surface area (Å²) in [5.41, 5.74) is 0.0897. The summed E-state index contributed by atoms with van der Waals surface area (Å²) >= 11 is 3.30. The monoisotopic (exact) mass is 268 g/mol. The van der Waals surface area contributed by atoms with Crippen LogP contribution in [0, 0.1) is 0 Å². The minimum Gasteiger partial charge on any atom is -0.454 e. The molecule has 1 aliphatic heterocycles. The normalized spacial score (nSPS) is 13.4. The van der Waals surface area contributed by atoms with E-state index >= 15 is 0 Å². The van der Waals surface area contributed by atoms with E-state index in [1.54, 1.807) is 12.1 Å². The van der Waals surface area contributed by atoms with Crippen LogP contribution < -0.4 is 15.1 Å². The van der Waals surface area contributed by atoms with Gasteiger partial charge in [-0.15, -0.1) is 0 Å². The molecule has 0 atom stereocenters. The van der Waals surface area contributed by atoms with Crippen molar-refractivity contribution >= 4 is 26.9 Å². The molecule has 1 aromatic carbocycles. The number of hydrogen-bond acceptors (Lipinski definition) is 4. The van der Waals surface area contributed by atoms with E-state index in [9.17, 15) is 4.79 Å². The van der Waals surface area contributed by atoms with E-state index in [2.05, 4.69) is 15.9 Å². The van der Waals surface area contributed by atoms with Gasteiger partial charge in [-0.05, 0) is 22.0 Å². The predicted octanol–water partition coefficient (Wildman–Crippen LogP) is 2.28. The molecule has 0 bridgehead atoms. The third-order valence-corrected chi connectivity index (χ3v) is 2.84. The summed E-state index contributed by atoms with van der Waals surface area (Å²) in [6, 6.07) is 4.82. The maximum absolute atomic E-state index is 11.1. The van der Waals surface area contributed by atoms with E-state index in [0.29, 0.717) is 21.6 Å². The zero-order valence-electron chi connectivity index (χ0n) is 7.45. The lowest BCUT2D eigenvalue weighted by Crippen LogP contribution is -1.95. The van der Waals surface area contributed by atoms with Crippen LogP contribution in [0.3, 0.4) is 0 Å². The molecule has 1 aromatic heterocycles. The first-order valence-corrected chi connectivity index (χ1v) is 5.06. The number of benzene rings is 1. The molecular formula is C10H5BrO4. The Kier molecular flexibility index (Phi) is 1.76. The van der Waals surface area contributed by atoms with Crippen molar-refractivity contribution in [3.05, 3.63) is 33.1 Å². The molecule has 0 fully saturated rings. The molecule has 2 aromatic rings. The molecule has 1 aliphatic rings. The van der Waals surface area contributed by atoms with Crippen LogP contribution in [-0.2, 0) is 0 Å². The fourth-order valence-corrected chi connectivity index (χ4v) is 2.01. The van der Waals surface area contributed by atoms with E-state index in [1.807, 2.05) is 0 Å². The molecule has 0 N–H and O–H groups in total. The Morgan fingerprint density at radius 1 is 1.13 bits per heavy atom. The third kappa shape index (κ3) is 1.31. The fourth-order valence-electron chi connectivity index (χ4n) is 1.51. The lowest BCUT2D eigenvalue weighted by molar-refractivity contribution is 0.174. The molecule has 0 saturated carbocycles. The average molecular weight is 269 g/mol. The second-order valence-electron chi connectivity index (χ2n) is 3.12. The Labute approximate surface area is 92.5 Å². The van der Waals surface area contributed by atoms with Crippen molar-refractivity contribution in [3.8, 4) is 11.5 Å². The Morgan fingerprint density at radius 3 is 2.67 bits per heavy atom. The molecule has 0 unspecified atom stereocenters. The quantitative estimate of drug-likeness (QED) is 0.688. The molecule has 3 rings (SSSR count). The molecule has 2 heterocycles. The molecule has 76 valence electrons. The van der Waals surface area contributed by atoms with Crippen molar-refractivity contribution < 1.29 is 13.9 Å². The van der Waals surface area contributed by atoms with Crippen LogP contribution >= 0.6 is 15.9 Å². The first-order chi connectivity index (χ1) is 7.24. The average Bonchev–Trinajstić information content (AvgIpc) is 2.61. The van der Waals surface area contributed by atoms with Crippen LogP contribution in [-0.4, -0.2) is 6.79 Å². The summed E-state index contributed by atoms with van der Waals surface area (Å²) in [5, 5.41) is 0.791. The molecule has 0 aliphatic carbocycles. The van der Waals surface area contributed by atoms with E-state index in [0.717, 1.165) is 5.39 Å². The van der Waals surface area contributed by atoms with Crippen LogP contribution in [0.25, 0.3) is 11.0 Å². The Balaban J connectivity index is 2.43. The third-order valence-electron chi connectivity index (χ3n) is 2.19. The van der Waals surface area contributed by atoms with E-state index in [1.165, 1.54) is 6.07 Å². The molecule has 0 spiro atoms. The summed E-state index contributed by atoms with van der Waals surface area (Å²) in [6.45, 7) is 0.202. The van der Waals surface area contributed by atoms with E-state index < -0.39 is 5.63 Å². The summed E-state index contributed by atoms with van der Waals surface area (Å²) < 4.78 is 16.1. The first kappa shape index (κ1) is 8.79. The van der Waals surface area contributed by atoms with Crippen LogP contribution in [0.4, 0.5) is 0 Å². The minimum absolute atomic E-state index is 0.202. The number of rotatable bonds is 0. The second kappa shape index (κ2) is 3.00. The molecular weight excluding hydrogens is 264 g/mol. The van der Waals surface area contributed by atoms with Crippen LogP contribution in [0.1, 0.15) is 0 Å². The van der Waals surface area contributed by atoms with Crippen molar-refractivity contribution in [2.24, 2.45) is 0 Å². The molecule has 5 heteroatoms. The topological polar surface area (TPSA) is 48.7 Å². The van der Waals surface area contributed by atoms with Gasteiger partial charge in [-0.3, -0.25) is 0 Å². The summed E-state index contributed by atoms with van der Waals surface area (Å²) in [5.74, 6) is 1.26. The molecule has 0 saturated heterocycles. The van der Waals surface area contributed by atoms with Gasteiger partial charge in [-0.2, -0.15) is 0 Å². The lowest BCUT2D eigenvalue weighted by Gasteiger charge is -2.00. The summed E-state index contributed by atoms with van der Waals surface area (Å²) in [4.78, 5) is 11.1. The van der Waals surface area contributed by atoms with Crippen molar-refractivity contribution in [3.63, 3.8) is 0 Å². The van der Waals surface area contributed by atoms with Gasteiger partial charge in [-0.25, -0.2) is 4.79 Å². The number of halogens is 1. The Hall–Kier alpha value is -1.49. The SMILES string of the molecule is O=c1cc(Br)c2cc3c(cc2o1)OCO3.